The van der Waals surface area contributed by atoms with Gasteiger partial charge in [-0.05, 0) is 56.9 Å². The van der Waals surface area contributed by atoms with Crippen LogP contribution in [0.25, 0.3) is 0 Å². The third kappa shape index (κ3) is 6.53. The molecule has 1 aromatic carbocycles. The van der Waals surface area contributed by atoms with Crippen molar-refractivity contribution >= 4 is 0 Å². The topological polar surface area (TPSA) is 15.3 Å². The van der Waals surface area contributed by atoms with Gasteiger partial charge in [-0.15, -0.1) is 0 Å². The molecule has 0 aliphatic heterocycles. The Morgan fingerprint density at radius 1 is 1.05 bits per heavy atom. The Morgan fingerprint density at radius 3 is 2.20 bits per heavy atom. The maximum Gasteiger partial charge on any atom is 0.0233 e. The van der Waals surface area contributed by atoms with Crippen LogP contribution in [-0.4, -0.2) is 31.1 Å². The van der Waals surface area contributed by atoms with Gasteiger partial charge in [0.15, 0.2) is 0 Å². The summed E-state index contributed by atoms with van der Waals surface area (Å²) in [5.41, 5.74) is 2.84. The summed E-state index contributed by atoms with van der Waals surface area (Å²) in [6.45, 7) is 12.2. The van der Waals surface area contributed by atoms with Gasteiger partial charge in [0, 0.05) is 12.6 Å². The van der Waals surface area contributed by atoms with Crippen molar-refractivity contribution in [2.45, 2.75) is 53.1 Å². The van der Waals surface area contributed by atoms with Gasteiger partial charge in [0.2, 0.25) is 0 Å². The fourth-order valence-electron chi connectivity index (χ4n) is 2.19. The Labute approximate surface area is 125 Å². The number of nitrogens with zero attached hydrogens (tertiary/aromatic N) is 1. The van der Waals surface area contributed by atoms with E-state index < -0.39 is 0 Å². The van der Waals surface area contributed by atoms with E-state index in [4.69, 9.17) is 0 Å². The van der Waals surface area contributed by atoms with E-state index in [-0.39, 0.29) is 0 Å². The highest BCUT2D eigenvalue weighted by molar-refractivity contribution is 5.22. The van der Waals surface area contributed by atoms with Crippen LogP contribution in [0.15, 0.2) is 24.3 Å². The summed E-state index contributed by atoms with van der Waals surface area (Å²) in [7, 11) is 2.21. The van der Waals surface area contributed by atoms with Crippen LogP contribution in [0.2, 0.25) is 0 Å². The smallest absolute Gasteiger partial charge is 0.0233 e. The molecular formula is C18H32N2. The maximum atomic E-state index is 3.49. The number of hydrogen-bond acceptors (Lipinski definition) is 2. The maximum absolute atomic E-state index is 3.49. The van der Waals surface area contributed by atoms with Crippen LogP contribution in [0.3, 0.4) is 0 Å². The summed E-state index contributed by atoms with van der Waals surface area (Å²) >= 11 is 0. The number of hydrogen-bond donors (Lipinski definition) is 1. The number of rotatable bonds is 9. The summed E-state index contributed by atoms with van der Waals surface area (Å²) in [4.78, 5) is 2.42. The van der Waals surface area contributed by atoms with Crippen molar-refractivity contribution in [2.24, 2.45) is 5.92 Å². The summed E-state index contributed by atoms with van der Waals surface area (Å²) in [6.07, 6.45) is 2.32. The molecule has 0 bridgehead atoms. The minimum atomic E-state index is 0.648. The first-order chi connectivity index (χ1) is 9.52. The van der Waals surface area contributed by atoms with E-state index in [1.165, 1.54) is 17.5 Å². The predicted octanol–water partition coefficient (Wildman–Crippen LogP) is 3.71. The highest BCUT2D eigenvalue weighted by Crippen LogP contribution is 2.10. The van der Waals surface area contributed by atoms with Gasteiger partial charge in [0.25, 0.3) is 0 Å². The summed E-state index contributed by atoms with van der Waals surface area (Å²) < 4.78 is 0. The standard InChI is InChI=1S/C18H32N2/c1-6-16(4)20(5)14-18-9-7-17(8-10-18)11-12-19-13-15(2)3/h7-10,15-16,19H,6,11-14H2,1-5H3. The molecule has 0 fully saturated rings. The van der Waals surface area contributed by atoms with Crippen molar-refractivity contribution in [3.63, 3.8) is 0 Å². The van der Waals surface area contributed by atoms with Gasteiger partial charge < -0.3 is 5.32 Å². The molecule has 1 N–H and O–H groups in total. The molecule has 0 aliphatic rings. The second kappa shape index (κ2) is 9.15. The zero-order valence-corrected chi connectivity index (χ0v) is 13.9. The first kappa shape index (κ1) is 17.2. The van der Waals surface area contributed by atoms with E-state index in [1.807, 2.05) is 0 Å². The van der Waals surface area contributed by atoms with Gasteiger partial charge in [-0.3, -0.25) is 4.90 Å². The van der Waals surface area contributed by atoms with Crippen molar-refractivity contribution < 1.29 is 0 Å². The monoisotopic (exact) mass is 276 g/mol. The minimum Gasteiger partial charge on any atom is -0.316 e. The van der Waals surface area contributed by atoms with Crippen LogP contribution in [-0.2, 0) is 13.0 Å². The number of nitrogens with one attached hydrogen (secondary N) is 1. The van der Waals surface area contributed by atoms with E-state index in [2.05, 4.69) is 69.2 Å². The molecular weight excluding hydrogens is 244 g/mol. The van der Waals surface area contributed by atoms with Crippen LogP contribution >= 0.6 is 0 Å². The molecule has 0 radical (unpaired) electrons. The lowest BCUT2D eigenvalue weighted by molar-refractivity contribution is 0.244. The van der Waals surface area contributed by atoms with Gasteiger partial charge >= 0.3 is 0 Å². The molecule has 1 atom stereocenters. The first-order valence-corrected chi connectivity index (χ1v) is 8.01. The van der Waals surface area contributed by atoms with Crippen molar-refractivity contribution in [1.82, 2.24) is 10.2 Å². The SMILES string of the molecule is CCC(C)N(C)Cc1ccc(CCNCC(C)C)cc1. The van der Waals surface area contributed by atoms with Gasteiger partial charge in [0.05, 0.1) is 0 Å². The van der Waals surface area contributed by atoms with E-state index in [0.29, 0.717) is 6.04 Å². The van der Waals surface area contributed by atoms with E-state index in [0.717, 1.165) is 32.0 Å². The van der Waals surface area contributed by atoms with Crippen LogP contribution in [0, 0.1) is 5.92 Å². The molecule has 0 saturated heterocycles. The van der Waals surface area contributed by atoms with Gasteiger partial charge in [0.1, 0.15) is 0 Å². The molecule has 0 spiro atoms. The molecule has 1 rings (SSSR count). The Hall–Kier alpha value is -0.860. The Morgan fingerprint density at radius 2 is 1.65 bits per heavy atom. The molecule has 0 amide bonds. The summed E-state index contributed by atoms with van der Waals surface area (Å²) in [5, 5.41) is 3.49. The lowest BCUT2D eigenvalue weighted by Crippen LogP contribution is -2.27. The average Bonchev–Trinajstić information content (AvgIpc) is 2.44. The normalized spacial score (nSPS) is 13.2. The van der Waals surface area contributed by atoms with Crippen molar-refractivity contribution in [3.8, 4) is 0 Å². The lowest BCUT2D eigenvalue weighted by Gasteiger charge is -2.23. The third-order valence-electron chi connectivity index (χ3n) is 3.94. The average molecular weight is 276 g/mol. The quantitative estimate of drug-likeness (QED) is 0.692. The Balaban J connectivity index is 2.36. The first-order valence-electron chi connectivity index (χ1n) is 8.01. The van der Waals surface area contributed by atoms with E-state index in [1.54, 1.807) is 0 Å². The van der Waals surface area contributed by atoms with Crippen LogP contribution in [0.5, 0.6) is 0 Å². The summed E-state index contributed by atoms with van der Waals surface area (Å²) in [5.74, 6) is 0.730. The van der Waals surface area contributed by atoms with Gasteiger partial charge in [-0.2, -0.15) is 0 Å². The number of benzene rings is 1. The predicted molar refractivity (Wildman–Crippen MR) is 89.1 cm³/mol. The van der Waals surface area contributed by atoms with Crippen molar-refractivity contribution in [3.05, 3.63) is 35.4 Å². The van der Waals surface area contributed by atoms with Crippen LogP contribution < -0.4 is 5.32 Å². The molecule has 0 aliphatic carbocycles. The highest BCUT2D eigenvalue weighted by Gasteiger charge is 2.07. The molecule has 114 valence electrons. The van der Waals surface area contributed by atoms with Crippen LogP contribution in [0.1, 0.15) is 45.2 Å². The second-order valence-electron chi connectivity index (χ2n) is 6.34. The molecule has 2 heteroatoms. The minimum absolute atomic E-state index is 0.648. The Kier molecular flexibility index (Phi) is 7.86. The van der Waals surface area contributed by atoms with Crippen molar-refractivity contribution in [1.29, 1.82) is 0 Å². The molecule has 0 heterocycles. The lowest BCUT2D eigenvalue weighted by atomic mass is 10.1. The van der Waals surface area contributed by atoms with E-state index >= 15 is 0 Å². The Bertz CT molecular complexity index is 356. The third-order valence-corrected chi connectivity index (χ3v) is 3.94. The van der Waals surface area contributed by atoms with E-state index in [9.17, 15) is 0 Å². The molecule has 0 aromatic heterocycles. The fourth-order valence-corrected chi connectivity index (χ4v) is 2.19. The molecule has 20 heavy (non-hydrogen) atoms. The largest absolute Gasteiger partial charge is 0.316 e. The van der Waals surface area contributed by atoms with Gasteiger partial charge in [-0.25, -0.2) is 0 Å². The van der Waals surface area contributed by atoms with Crippen molar-refractivity contribution in [2.75, 3.05) is 20.1 Å². The molecule has 2 nitrogen and oxygen atoms in total. The summed E-state index contributed by atoms with van der Waals surface area (Å²) in [6, 6.07) is 9.75. The fraction of sp³-hybridized carbons (Fsp3) is 0.667. The molecule has 1 unspecified atom stereocenters. The molecule has 0 saturated carbocycles. The van der Waals surface area contributed by atoms with Gasteiger partial charge in [-0.1, -0.05) is 45.0 Å². The van der Waals surface area contributed by atoms with Crippen LogP contribution in [0.4, 0.5) is 0 Å². The second-order valence-corrected chi connectivity index (χ2v) is 6.34. The zero-order valence-electron chi connectivity index (χ0n) is 13.9. The molecule has 1 aromatic rings. The zero-order chi connectivity index (χ0) is 15.0. The highest BCUT2D eigenvalue weighted by atomic mass is 15.1.